The summed E-state index contributed by atoms with van der Waals surface area (Å²) in [7, 11) is 0. The minimum absolute atomic E-state index is 0.128. The molecule has 1 unspecified atom stereocenters. The summed E-state index contributed by atoms with van der Waals surface area (Å²) < 4.78 is 13.3. The molecule has 0 bridgehead atoms. The summed E-state index contributed by atoms with van der Waals surface area (Å²) in [5.41, 5.74) is 1.14. The molecular weight excluding hydrogens is 221 g/mol. The van der Waals surface area contributed by atoms with E-state index in [-0.39, 0.29) is 5.82 Å². The molecule has 0 radical (unpaired) electrons. The van der Waals surface area contributed by atoms with Crippen molar-refractivity contribution in [3.8, 4) is 0 Å². The predicted molar refractivity (Wildman–Crippen MR) is 67.4 cm³/mol. The lowest BCUT2D eigenvalue weighted by molar-refractivity contribution is 0.445. The number of fused-ring (bicyclic) bond motifs is 1. The van der Waals surface area contributed by atoms with Crippen LogP contribution in [0.4, 0.5) is 4.39 Å². The van der Waals surface area contributed by atoms with Crippen molar-refractivity contribution < 1.29 is 4.39 Å². The lowest BCUT2D eigenvalue weighted by atomic mass is 10.0. The van der Waals surface area contributed by atoms with E-state index in [1.807, 2.05) is 17.8 Å². The molecule has 0 saturated heterocycles. The van der Waals surface area contributed by atoms with E-state index >= 15 is 0 Å². The van der Waals surface area contributed by atoms with Crippen LogP contribution in [0.15, 0.2) is 23.1 Å². The summed E-state index contributed by atoms with van der Waals surface area (Å²) in [6.07, 6.45) is 2.28. The predicted octanol–water partition coefficient (Wildman–Crippen LogP) is 3.75. The molecule has 1 heterocycles. The van der Waals surface area contributed by atoms with Gasteiger partial charge in [-0.2, -0.15) is 0 Å². The molecule has 0 spiro atoms. The largest absolute Gasteiger partial charge is 0.308 e. The van der Waals surface area contributed by atoms with Crippen LogP contribution < -0.4 is 5.32 Å². The molecule has 1 aromatic carbocycles. The van der Waals surface area contributed by atoms with Gasteiger partial charge < -0.3 is 5.32 Å². The first-order chi connectivity index (χ1) is 7.66. The molecular formula is C13H18FNS. The maximum Gasteiger partial charge on any atom is 0.123 e. The Labute approximate surface area is 101 Å². The maximum atomic E-state index is 13.3. The van der Waals surface area contributed by atoms with Gasteiger partial charge in [-0.25, -0.2) is 4.39 Å². The molecule has 88 valence electrons. The third-order valence-corrected chi connectivity index (χ3v) is 3.95. The third-order valence-electron chi connectivity index (χ3n) is 2.78. The number of hydrogen-bond donors (Lipinski definition) is 1. The molecule has 0 amide bonds. The summed E-state index contributed by atoms with van der Waals surface area (Å²) in [5, 5.41) is 3.53. The van der Waals surface area contributed by atoms with E-state index in [4.69, 9.17) is 0 Å². The second-order valence-corrected chi connectivity index (χ2v) is 5.68. The van der Waals surface area contributed by atoms with Crippen LogP contribution in [0.2, 0.25) is 0 Å². The van der Waals surface area contributed by atoms with Gasteiger partial charge >= 0.3 is 0 Å². The fourth-order valence-electron chi connectivity index (χ4n) is 2.12. The normalized spacial score (nSPS) is 20.6. The molecule has 0 saturated carbocycles. The van der Waals surface area contributed by atoms with Crippen molar-refractivity contribution in [1.29, 1.82) is 0 Å². The van der Waals surface area contributed by atoms with Gasteiger partial charge in [-0.1, -0.05) is 13.8 Å². The topological polar surface area (TPSA) is 12.0 Å². The second kappa shape index (κ2) is 5.19. The quantitative estimate of drug-likeness (QED) is 0.843. The van der Waals surface area contributed by atoms with Crippen molar-refractivity contribution in [2.75, 3.05) is 5.75 Å². The fraction of sp³-hybridized carbons (Fsp3) is 0.538. The number of benzene rings is 1. The summed E-state index contributed by atoms with van der Waals surface area (Å²) in [6, 6.07) is 5.90. The van der Waals surface area contributed by atoms with Gasteiger partial charge in [0, 0.05) is 17.0 Å². The van der Waals surface area contributed by atoms with Gasteiger partial charge in [0.1, 0.15) is 5.82 Å². The number of hydrogen-bond acceptors (Lipinski definition) is 2. The van der Waals surface area contributed by atoms with Crippen LogP contribution in [-0.2, 0) is 0 Å². The van der Waals surface area contributed by atoms with Gasteiger partial charge in [0.05, 0.1) is 0 Å². The minimum Gasteiger partial charge on any atom is -0.308 e. The van der Waals surface area contributed by atoms with E-state index in [1.54, 1.807) is 12.1 Å². The first-order valence-electron chi connectivity index (χ1n) is 5.85. The van der Waals surface area contributed by atoms with Crippen molar-refractivity contribution in [3.63, 3.8) is 0 Å². The van der Waals surface area contributed by atoms with Crippen LogP contribution in [0.1, 0.15) is 38.3 Å². The molecule has 1 nitrogen and oxygen atoms in total. The number of halogens is 1. The molecule has 3 heteroatoms. The lowest BCUT2D eigenvalue weighted by Crippen LogP contribution is -2.28. The monoisotopic (exact) mass is 239 g/mol. The van der Waals surface area contributed by atoms with Crippen LogP contribution in [-0.4, -0.2) is 11.8 Å². The smallest absolute Gasteiger partial charge is 0.123 e. The van der Waals surface area contributed by atoms with Crippen molar-refractivity contribution in [2.45, 2.75) is 43.7 Å². The lowest BCUT2D eigenvalue weighted by Gasteiger charge is -2.21. The number of nitrogens with one attached hydrogen (secondary N) is 1. The highest BCUT2D eigenvalue weighted by molar-refractivity contribution is 7.99. The summed E-state index contributed by atoms with van der Waals surface area (Å²) in [5.74, 6) is 1.01. The highest BCUT2D eigenvalue weighted by Crippen LogP contribution is 2.35. The van der Waals surface area contributed by atoms with Gasteiger partial charge in [0.15, 0.2) is 0 Å². The Bertz CT molecular complexity index is 365. The molecule has 1 aliphatic heterocycles. The average molecular weight is 239 g/mol. The Hall–Kier alpha value is -0.540. The van der Waals surface area contributed by atoms with Crippen molar-refractivity contribution >= 4 is 11.8 Å². The van der Waals surface area contributed by atoms with Gasteiger partial charge in [-0.05, 0) is 42.4 Å². The zero-order chi connectivity index (χ0) is 11.5. The highest BCUT2D eigenvalue weighted by Gasteiger charge is 2.19. The molecule has 1 atom stereocenters. The molecule has 0 aliphatic carbocycles. The Kier molecular flexibility index (Phi) is 3.87. The SMILES string of the molecule is CC(C)NC1CCCSc2ccc(F)cc21. The van der Waals surface area contributed by atoms with Crippen LogP contribution in [0, 0.1) is 5.82 Å². The zero-order valence-electron chi connectivity index (χ0n) is 9.79. The summed E-state index contributed by atoms with van der Waals surface area (Å²) >= 11 is 1.84. The van der Waals surface area contributed by atoms with Crippen molar-refractivity contribution in [1.82, 2.24) is 5.32 Å². The minimum atomic E-state index is -0.128. The standard InChI is InChI=1S/C13H18FNS/c1-9(2)15-12-4-3-7-16-13-6-5-10(14)8-11(12)13/h5-6,8-9,12,15H,3-4,7H2,1-2H3. The molecule has 16 heavy (non-hydrogen) atoms. The molecule has 1 N–H and O–H groups in total. The number of rotatable bonds is 2. The van der Waals surface area contributed by atoms with Crippen molar-refractivity contribution in [3.05, 3.63) is 29.6 Å². The van der Waals surface area contributed by atoms with Gasteiger partial charge in [-0.15, -0.1) is 11.8 Å². The van der Waals surface area contributed by atoms with Gasteiger partial charge in [0.25, 0.3) is 0 Å². The highest BCUT2D eigenvalue weighted by atomic mass is 32.2. The second-order valence-electron chi connectivity index (χ2n) is 4.55. The Morgan fingerprint density at radius 3 is 3.00 bits per heavy atom. The van der Waals surface area contributed by atoms with Crippen LogP contribution >= 0.6 is 11.8 Å². The Balaban J connectivity index is 2.31. The van der Waals surface area contributed by atoms with Gasteiger partial charge in [0.2, 0.25) is 0 Å². The zero-order valence-corrected chi connectivity index (χ0v) is 10.6. The van der Waals surface area contributed by atoms with E-state index in [9.17, 15) is 4.39 Å². The van der Waals surface area contributed by atoms with E-state index in [1.165, 1.54) is 11.3 Å². The first-order valence-corrected chi connectivity index (χ1v) is 6.83. The average Bonchev–Trinajstić information content (AvgIpc) is 2.41. The Morgan fingerprint density at radius 2 is 2.25 bits per heavy atom. The summed E-state index contributed by atoms with van der Waals surface area (Å²) in [4.78, 5) is 1.23. The Morgan fingerprint density at radius 1 is 1.44 bits per heavy atom. The molecule has 1 aliphatic rings. The van der Waals surface area contributed by atoms with E-state index in [0.717, 1.165) is 17.7 Å². The maximum absolute atomic E-state index is 13.3. The van der Waals surface area contributed by atoms with Crippen LogP contribution in [0.3, 0.4) is 0 Å². The van der Waals surface area contributed by atoms with Crippen LogP contribution in [0.5, 0.6) is 0 Å². The van der Waals surface area contributed by atoms with E-state index in [2.05, 4.69) is 19.2 Å². The fourth-order valence-corrected chi connectivity index (χ4v) is 3.19. The molecule has 0 aromatic heterocycles. The van der Waals surface area contributed by atoms with Gasteiger partial charge in [-0.3, -0.25) is 0 Å². The number of thioether (sulfide) groups is 1. The van der Waals surface area contributed by atoms with Crippen LogP contribution in [0.25, 0.3) is 0 Å². The molecule has 1 aromatic rings. The van der Waals surface area contributed by atoms with Crippen molar-refractivity contribution in [2.24, 2.45) is 0 Å². The molecule has 0 fully saturated rings. The first kappa shape index (κ1) is 11.9. The van der Waals surface area contributed by atoms with E-state index in [0.29, 0.717) is 12.1 Å². The van der Waals surface area contributed by atoms with E-state index < -0.39 is 0 Å². The summed E-state index contributed by atoms with van der Waals surface area (Å²) in [6.45, 7) is 4.27. The third kappa shape index (κ3) is 2.77. The molecule has 2 rings (SSSR count).